The van der Waals surface area contributed by atoms with Gasteiger partial charge in [0.05, 0.1) is 22.1 Å². The first kappa shape index (κ1) is 62.2. The van der Waals surface area contributed by atoms with Crippen molar-refractivity contribution in [2.75, 3.05) is 19.6 Å². The largest absolute Gasteiger partial charge is 0.337 e. The molecule has 0 spiro atoms. The number of aromatic amines is 1. The zero-order chi connectivity index (χ0) is 67.8. The van der Waals surface area contributed by atoms with Crippen LogP contribution in [0.1, 0.15) is 0 Å². The zero-order valence-corrected chi connectivity index (χ0v) is 58.2. The van der Waals surface area contributed by atoms with Crippen molar-refractivity contribution >= 4 is 165 Å². The lowest BCUT2D eigenvalue weighted by Gasteiger charge is -2.27. The molecule has 0 unspecified atom stereocenters. The van der Waals surface area contributed by atoms with Crippen molar-refractivity contribution in [2.45, 2.75) is 0 Å². The molecule has 10 heteroatoms. The van der Waals surface area contributed by atoms with Gasteiger partial charge in [0.1, 0.15) is 11.6 Å². The fourth-order valence-corrected chi connectivity index (χ4v) is 14.7. The molecule has 0 aliphatic heterocycles. The van der Waals surface area contributed by atoms with Crippen LogP contribution in [0.3, 0.4) is 0 Å². The van der Waals surface area contributed by atoms with Crippen LogP contribution in [-0.4, -0.2) is 19.5 Å². The monoisotopic (exact) mass is 1430 g/mol. The first-order valence-corrected chi connectivity index (χ1v) is 35.3. The molecule has 2 heterocycles. The summed E-state index contributed by atoms with van der Waals surface area (Å²) in [6.07, 6.45) is 0. The van der Waals surface area contributed by atoms with Crippen LogP contribution in [-0.2, 0) is 7.05 Å². The maximum absolute atomic E-state index is 5.36. The molecule has 2 aromatic heterocycles. The van der Waals surface area contributed by atoms with Gasteiger partial charge in [-0.15, -0.1) is 0 Å². The highest BCUT2D eigenvalue weighted by atomic mass is 79.9. The van der Waals surface area contributed by atoms with Crippen molar-refractivity contribution in [1.82, 2.24) is 19.5 Å². The van der Waals surface area contributed by atoms with E-state index in [4.69, 9.17) is 9.97 Å². The fourth-order valence-electron chi connectivity index (χ4n) is 14.2. The minimum Gasteiger partial charge on any atom is -0.337 e. The Labute approximate surface area is 602 Å². The number of aryl methyl sites for hydroxylation is 1. The topological polar surface area (TPSA) is 59.5 Å². The van der Waals surface area contributed by atoms with Crippen molar-refractivity contribution in [3.8, 4) is 22.8 Å². The molecule has 8 nitrogen and oxygen atoms in total. The third kappa shape index (κ3) is 12.0. The van der Waals surface area contributed by atoms with Gasteiger partial charge < -0.3 is 29.2 Å². The lowest BCUT2D eigenvalue weighted by atomic mass is 9.97. The normalized spacial score (nSPS) is 11.3. The molecule has 0 aliphatic carbocycles. The van der Waals surface area contributed by atoms with Crippen molar-refractivity contribution in [3.05, 3.63) is 373 Å². The summed E-state index contributed by atoms with van der Waals surface area (Å²) in [6, 6.07) is 129. The predicted octanol–water partition coefficient (Wildman–Crippen LogP) is 26.5. The van der Waals surface area contributed by atoms with E-state index < -0.39 is 0 Å². The first-order valence-electron chi connectivity index (χ1n) is 33.7. The van der Waals surface area contributed by atoms with Gasteiger partial charge in [0.2, 0.25) is 0 Å². The Morgan fingerprint density at radius 1 is 0.257 bits per heavy atom. The van der Waals surface area contributed by atoms with E-state index in [0.29, 0.717) is 0 Å². The molecule has 0 saturated heterocycles. The van der Waals surface area contributed by atoms with Crippen LogP contribution < -0.4 is 19.6 Å². The summed E-state index contributed by atoms with van der Waals surface area (Å²) in [5, 5.41) is 9.09. The lowest BCUT2D eigenvalue weighted by Crippen LogP contribution is -2.10. The number of rotatable bonds is 14. The molecule has 0 amide bonds. The summed E-state index contributed by atoms with van der Waals surface area (Å²) in [4.78, 5) is 23.6. The number of hydrogen-bond donors (Lipinski definition) is 1. The molecule has 16 aromatic carbocycles. The molecule has 0 bridgehead atoms. The predicted molar refractivity (Wildman–Crippen MR) is 432 cm³/mol. The van der Waals surface area contributed by atoms with Crippen LogP contribution in [0, 0.1) is 0 Å². The van der Waals surface area contributed by atoms with E-state index in [1.165, 1.54) is 5.39 Å². The molecule has 0 radical (unpaired) electrons. The molecule has 0 fully saturated rings. The second-order valence-corrected chi connectivity index (χ2v) is 26.8. The number of nitrogens with one attached hydrogen (secondary N) is 1. The number of nitrogens with zero attached hydrogens (tertiary/aromatic N) is 7. The number of fused-ring (bicyclic) bond motifs is 12. The molecule has 18 aromatic rings. The van der Waals surface area contributed by atoms with Gasteiger partial charge in [-0.2, -0.15) is 0 Å². The number of para-hydroxylation sites is 8. The maximum atomic E-state index is 5.36. The van der Waals surface area contributed by atoms with Crippen LogP contribution >= 0.6 is 31.9 Å². The van der Waals surface area contributed by atoms with Crippen molar-refractivity contribution < 1.29 is 0 Å². The van der Waals surface area contributed by atoms with Gasteiger partial charge in [-0.1, -0.05) is 226 Å². The Morgan fingerprint density at radius 2 is 0.535 bits per heavy atom. The number of imidazole rings is 2. The smallest absolute Gasteiger partial charge is 0.140 e. The lowest BCUT2D eigenvalue weighted by molar-refractivity contribution is 0.962. The van der Waals surface area contributed by atoms with Gasteiger partial charge in [0.25, 0.3) is 0 Å². The van der Waals surface area contributed by atoms with Crippen molar-refractivity contribution in [2.24, 2.45) is 7.05 Å². The summed E-state index contributed by atoms with van der Waals surface area (Å²) >= 11 is 7.19. The van der Waals surface area contributed by atoms with E-state index in [9.17, 15) is 0 Å². The average Bonchev–Trinajstić information content (AvgIpc) is 1.66. The standard InChI is InChI=1S/C46H33BrN4.C45H31BrN4/c1-49-45-41-29-27-39(51(36-18-10-4-11-19-36)37-20-12-5-13-21-37)31-43(41)42-30-38(50(34-14-6-2-7-15-34)35-16-8-3-9-17-35)26-28-40(42)44(45)48-46(49)32-22-24-33(47)25-23-32;46-32-23-21-31(22-24-32)45-47-43-39-27-25-37(49(33-13-5-1-6-14-33)34-15-7-2-8-16-34)29-41(39)42-30-38(26-28-40(42)44(43)48-45)50(35-17-9-3-10-18-35)36-19-11-4-12-20-36/h2-31H,1H3;1-30H,(H,47,48). The van der Waals surface area contributed by atoms with E-state index in [-0.39, 0.29) is 0 Å². The van der Waals surface area contributed by atoms with Gasteiger partial charge in [0, 0.05) is 117 Å². The molecular formula is C91H64Br2N8. The Kier molecular flexibility index (Phi) is 16.7. The van der Waals surface area contributed by atoms with Crippen molar-refractivity contribution in [1.29, 1.82) is 0 Å². The van der Waals surface area contributed by atoms with E-state index in [2.05, 4.69) is 432 Å². The number of H-pyrrole nitrogens is 1. The molecule has 101 heavy (non-hydrogen) atoms. The Bertz CT molecular complexity index is 5650. The van der Waals surface area contributed by atoms with Crippen LogP contribution in [0.25, 0.3) is 87.9 Å². The fraction of sp³-hybridized carbons (Fsp3) is 0.0110. The second kappa shape index (κ2) is 27.2. The van der Waals surface area contributed by atoms with Crippen molar-refractivity contribution in [3.63, 3.8) is 0 Å². The highest BCUT2D eigenvalue weighted by molar-refractivity contribution is 9.10. The second-order valence-electron chi connectivity index (χ2n) is 25.0. The van der Waals surface area contributed by atoms with E-state index in [1.54, 1.807) is 0 Å². The average molecular weight is 1430 g/mol. The van der Waals surface area contributed by atoms with E-state index in [0.717, 1.165) is 160 Å². The highest BCUT2D eigenvalue weighted by Gasteiger charge is 2.24. The van der Waals surface area contributed by atoms with Crippen LogP contribution in [0.5, 0.6) is 0 Å². The maximum Gasteiger partial charge on any atom is 0.140 e. The summed E-state index contributed by atoms with van der Waals surface area (Å²) in [6.45, 7) is 0. The minimum atomic E-state index is 0.847. The molecule has 0 aliphatic rings. The van der Waals surface area contributed by atoms with Gasteiger partial charge >= 0.3 is 0 Å². The summed E-state index contributed by atoms with van der Waals surface area (Å²) in [5.74, 6) is 1.78. The van der Waals surface area contributed by atoms with Crippen LogP contribution in [0.2, 0.25) is 0 Å². The summed E-state index contributed by atoms with van der Waals surface area (Å²) in [5.41, 5.74) is 19.3. The molecule has 18 rings (SSSR count). The van der Waals surface area contributed by atoms with Crippen LogP contribution in [0.15, 0.2) is 373 Å². The van der Waals surface area contributed by atoms with Gasteiger partial charge in [-0.05, 0) is 191 Å². The Hall–Kier alpha value is -12.3. The third-order valence-corrected chi connectivity index (χ3v) is 19.9. The third-order valence-electron chi connectivity index (χ3n) is 18.8. The molecule has 482 valence electrons. The summed E-state index contributed by atoms with van der Waals surface area (Å²) < 4.78 is 4.33. The van der Waals surface area contributed by atoms with Gasteiger partial charge in [0.15, 0.2) is 0 Å². The summed E-state index contributed by atoms with van der Waals surface area (Å²) in [7, 11) is 2.13. The Morgan fingerprint density at radius 3 is 0.871 bits per heavy atom. The zero-order valence-electron chi connectivity index (χ0n) is 55.0. The van der Waals surface area contributed by atoms with E-state index >= 15 is 0 Å². The SMILES string of the molecule is Brc1ccc(-c2nc3c4ccc(N(c5ccccc5)c5ccccc5)cc4c4cc(N(c5ccccc5)c5ccccc5)ccc4c3[nH]2)cc1.Cn1c(-c2ccc(Br)cc2)nc2c3ccc(N(c4ccccc4)c4ccccc4)cc3c3cc(N(c4ccccc4)c4ccccc4)ccc3c21. The number of benzene rings is 16. The van der Waals surface area contributed by atoms with Gasteiger partial charge in [-0.3, -0.25) is 0 Å². The molecule has 0 atom stereocenters. The van der Waals surface area contributed by atoms with Gasteiger partial charge in [-0.25, -0.2) is 9.97 Å². The molecule has 1 N–H and O–H groups in total. The molecular weight excluding hydrogens is 1360 g/mol. The number of halogens is 2. The van der Waals surface area contributed by atoms with Crippen LogP contribution in [0.4, 0.5) is 68.2 Å². The molecule has 0 saturated carbocycles. The highest BCUT2D eigenvalue weighted by Crippen LogP contribution is 2.47. The number of aromatic nitrogens is 4. The number of anilines is 12. The minimum absolute atomic E-state index is 0.847. The quantitative estimate of drug-likeness (QED) is 0.110. The van der Waals surface area contributed by atoms with E-state index in [1.807, 2.05) is 0 Å². The number of hydrogen-bond acceptors (Lipinski definition) is 6. The Balaban J connectivity index is 0.000000151. The first-order chi connectivity index (χ1) is 49.8.